The summed E-state index contributed by atoms with van der Waals surface area (Å²) in [5.74, 6) is -1.66. The quantitative estimate of drug-likeness (QED) is 0.675. The standard InChI is InChI=1S/C13H12F2N2O3/c1-2-16-13(9-4-3-8(14)7-10(9)15)11-5-6-12(20-11)17(18)19/h3-7,13,16H,2H2,1H3. The van der Waals surface area contributed by atoms with Crippen molar-refractivity contribution in [2.45, 2.75) is 13.0 Å². The number of nitrogens with one attached hydrogen (secondary N) is 1. The molecule has 0 fully saturated rings. The normalized spacial score (nSPS) is 12.3. The maximum absolute atomic E-state index is 13.8. The van der Waals surface area contributed by atoms with Crippen molar-refractivity contribution < 1.29 is 18.1 Å². The minimum Gasteiger partial charge on any atom is -0.404 e. The van der Waals surface area contributed by atoms with Gasteiger partial charge >= 0.3 is 5.88 Å². The van der Waals surface area contributed by atoms with Gasteiger partial charge in [0.2, 0.25) is 0 Å². The summed E-state index contributed by atoms with van der Waals surface area (Å²) >= 11 is 0. The lowest BCUT2D eigenvalue weighted by molar-refractivity contribution is -0.402. The van der Waals surface area contributed by atoms with Gasteiger partial charge in [0.1, 0.15) is 22.3 Å². The molecule has 1 aromatic heterocycles. The molecule has 7 heteroatoms. The summed E-state index contributed by atoms with van der Waals surface area (Å²) in [5, 5.41) is 13.6. The summed E-state index contributed by atoms with van der Waals surface area (Å²) in [6.45, 7) is 2.28. The number of furan rings is 1. The first kappa shape index (κ1) is 14.1. The molecule has 0 saturated carbocycles. The van der Waals surface area contributed by atoms with E-state index in [1.165, 1.54) is 18.2 Å². The molecule has 0 spiro atoms. The second-order valence-corrected chi connectivity index (χ2v) is 4.09. The van der Waals surface area contributed by atoms with Crippen molar-refractivity contribution in [2.75, 3.05) is 6.54 Å². The van der Waals surface area contributed by atoms with Crippen LogP contribution >= 0.6 is 0 Å². The van der Waals surface area contributed by atoms with Crippen molar-refractivity contribution in [1.82, 2.24) is 5.32 Å². The van der Waals surface area contributed by atoms with Gasteiger partial charge < -0.3 is 9.73 Å². The lowest BCUT2D eigenvalue weighted by Gasteiger charge is -2.16. The molecule has 106 valence electrons. The van der Waals surface area contributed by atoms with Gasteiger partial charge in [-0.3, -0.25) is 10.1 Å². The van der Waals surface area contributed by atoms with Crippen LogP contribution in [0.5, 0.6) is 0 Å². The highest BCUT2D eigenvalue weighted by atomic mass is 19.1. The molecule has 0 bridgehead atoms. The summed E-state index contributed by atoms with van der Waals surface area (Å²) in [4.78, 5) is 9.94. The highest BCUT2D eigenvalue weighted by molar-refractivity contribution is 5.31. The topological polar surface area (TPSA) is 68.3 Å². The Morgan fingerprint density at radius 3 is 2.65 bits per heavy atom. The van der Waals surface area contributed by atoms with E-state index in [9.17, 15) is 18.9 Å². The smallest absolute Gasteiger partial charge is 0.404 e. The number of rotatable bonds is 5. The number of nitro groups is 1. The fraction of sp³-hybridized carbons (Fsp3) is 0.231. The van der Waals surface area contributed by atoms with E-state index in [2.05, 4.69) is 5.32 Å². The minimum absolute atomic E-state index is 0.164. The molecule has 20 heavy (non-hydrogen) atoms. The third-order valence-electron chi connectivity index (χ3n) is 2.76. The molecule has 1 aromatic carbocycles. The van der Waals surface area contributed by atoms with Crippen LogP contribution in [-0.2, 0) is 0 Å². The number of nitrogens with zero attached hydrogens (tertiary/aromatic N) is 1. The monoisotopic (exact) mass is 282 g/mol. The van der Waals surface area contributed by atoms with Gasteiger partial charge in [-0.25, -0.2) is 8.78 Å². The molecule has 1 unspecified atom stereocenters. The van der Waals surface area contributed by atoms with Crippen molar-refractivity contribution in [3.8, 4) is 0 Å². The van der Waals surface area contributed by atoms with Crippen LogP contribution in [0.25, 0.3) is 0 Å². The summed E-state index contributed by atoms with van der Waals surface area (Å²) in [7, 11) is 0. The summed E-state index contributed by atoms with van der Waals surface area (Å²) in [6.07, 6.45) is 0. The highest BCUT2D eigenvalue weighted by Crippen LogP contribution is 2.28. The SMILES string of the molecule is CCNC(c1ccc([N+](=O)[O-])o1)c1ccc(F)cc1F. The lowest BCUT2D eigenvalue weighted by Crippen LogP contribution is -2.22. The first-order valence-corrected chi connectivity index (χ1v) is 5.95. The van der Waals surface area contributed by atoms with Crippen molar-refractivity contribution in [3.63, 3.8) is 0 Å². The maximum atomic E-state index is 13.8. The van der Waals surface area contributed by atoms with E-state index in [0.717, 1.165) is 12.1 Å². The third-order valence-corrected chi connectivity index (χ3v) is 2.76. The van der Waals surface area contributed by atoms with Gasteiger partial charge in [-0.2, -0.15) is 0 Å². The van der Waals surface area contributed by atoms with Gasteiger partial charge in [0.25, 0.3) is 0 Å². The number of hydrogen-bond donors (Lipinski definition) is 1. The van der Waals surface area contributed by atoms with E-state index < -0.39 is 28.5 Å². The molecular formula is C13H12F2N2O3. The molecule has 0 aliphatic heterocycles. The molecule has 5 nitrogen and oxygen atoms in total. The Bertz CT molecular complexity index is 628. The highest BCUT2D eigenvalue weighted by Gasteiger charge is 2.23. The average molecular weight is 282 g/mol. The molecule has 1 N–H and O–H groups in total. The van der Waals surface area contributed by atoms with Crippen LogP contribution in [0, 0.1) is 21.7 Å². The predicted octanol–water partition coefficient (Wildman–Crippen LogP) is 3.16. The van der Waals surface area contributed by atoms with Crippen molar-refractivity contribution in [3.05, 3.63) is 63.4 Å². The van der Waals surface area contributed by atoms with E-state index in [1.54, 1.807) is 6.92 Å². The first-order valence-electron chi connectivity index (χ1n) is 5.95. The number of halogens is 2. The molecule has 0 amide bonds. The lowest BCUT2D eigenvalue weighted by atomic mass is 10.0. The number of benzene rings is 1. The Balaban J connectivity index is 2.41. The van der Waals surface area contributed by atoms with Crippen LogP contribution in [0.2, 0.25) is 0 Å². The average Bonchev–Trinajstić information content (AvgIpc) is 2.86. The van der Waals surface area contributed by atoms with Gasteiger partial charge in [0, 0.05) is 11.6 Å². The van der Waals surface area contributed by atoms with E-state index in [4.69, 9.17) is 4.42 Å². The van der Waals surface area contributed by atoms with Crippen LogP contribution in [0.15, 0.2) is 34.7 Å². The minimum atomic E-state index is -0.741. The Kier molecular flexibility index (Phi) is 4.09. The Labute approximate surface area is 113 Å². The third kappa shape index (κ3) is 2.83. The largest absolute Gasteiger partial charge is 0.433 e. The Morgan fingerprint density at radius 1 is 1.35 bits per heavy atom. The van der Waals surface area contributed by atoms with Gasteiger partial charge in [0.15, 0.2) is 0 Å². The first-order chi connectivity index (χ1) is 9.52. The molecule has 1 atom stereocenters. The molecule has 0 radical (unpaired) electrons. The van der Waals surface area contributed by atoms with Crippen LogP contribution in [-0.4, -0.2) is 11.5 Å². The van der Waals surface area contributed by atoms with Gasteiger partial charge in [0.05, 0.1) is 12.1 Å². The molecular weight excluding hydrogens is 270 g/mol. The van der Waals surface area contributed by atoms with Crippen LogP contribution < -0.4 is 5.32 Å². The van der Waals surface area contributed by atoms with Gasteiger partial charge in [-0.05, 0) is 18.7 Å². The zero-order chi connectivity index (χ0) is 14.7. The van der Waals surface area contributed by atoms with E-state index in [-0.39, 0.29) is 11.3 Å². The molecule has 0 saturated heterocycles. The molecule has 2 aromatic rings. The predicted molar refractivity (Wildman–Crippen MR) is 67.2 cm³/mol. The Hall–Kier alpha value is -2.28. The Morgan fingerprint density at radius 2 is 2.10 bits per heavy atom. The summed E-state index contributed by atoms with van der Waals surface area (Å²) in [5.41, 5.74) is 0.164. The van der Waals surface area contributed by atoms with Gasteiger partial charge in [-0.15, -0.1) is 0 Å². The van der Waals surface area contributed by atoms with Crippen LogP contribution in [0.1, 0.15) is 24.3 Å². The van der Waals surface area contributed by atoms with E-state index >= 15 is 0 Å². The van der Waals surface area contributed by atoms with E-state index in [0.29, 0.717) is 6.54 Å². The molecule has 2 rings (SSSR count). The molecule has 0 aliphatic rings. The fourth-order valence-electron chi connectivity index (χ4n) is 1.90. The second kappa shape index (κ2) is 5.79. The zero-order valence-electron chi connectivity index (χ0n) is 10.6. The summed E-state index contributed by atoms with van der Waals surface area (Å²) in [6, 6.07) is 5.05. The maximum Gasteiger partial charge on any atom is 0.433 e. The second-order valence-electron chi connectivity index (χ2n) is 4.09. The molecule has 0 aliphatic carbocycles. The van der Waals surface area contributed by atoms with E-state index in [1.807, 2.05) is 0 Å². The molecule has 1 heterocycles. The van der Waals surface area contributed by atoms with Crippen molar-refractivity contribution >= 4 is 5.88 Å². The fourth-order valence-corrected chi connectivity index (χ4v) is 1.90. The van der Waals surface area contributed by atoms with Crippen molar-refractivity contribution in [1.29, 1.82) is 0 Å². The summed E-state index contributed by atoms with van der Waals surface area (Å²) < 4.78 is 31.8. The van der Waals surface area contributed by atoms with Crippen LogP contribution in [0.4, 0.5) is 14.7 Å². The zero-order valence-corrected chi connectivity index (χ0v) is 10.6. The number of hydrogen-bond acceptors (Lipinski definition) is 4. The van der Waals surface area contributed by atoms with Gasteiger partial charge in [-0.1, -0.05) is 13.0 Å². The van der Waals surface area contributed by atoms with Crippen LogP contribution in [0.3, 0.4) is 0 Å². The van der Waals surface area contributed by atoms with Crippen molar-refractivity contribution in [2.24, 2.45) is 0 Å².